The molecule has 6 nitrogen and oxygen atoms in total. The van der Waals surface area contributed by atoms with Crippen molar-refractivity contribution in [2.75, 3.05) is 5.84 Å². The molecule has 0 amide bonds. The van der Waals surface area contributed by atoms with E-state index < -0.39 is 6.36 Å². The van der Waals surface area contributed by atoms with Crippen LogP contribution in [0.2, 0.25) is 0 Å². The van der Waals surface area contributed by atoms with Crippen LogP contribution in [0.1, 0.15) is 23.5 Å². The van der Waals surface area contributed by atoms with Gasteiger partial charge in [0.05, 0.1) is 11.8 Å². The van der Waals surface area contributed by atoms with Gasteiger partial charge in [0.1, 0.15) is 11.5 Å². The number of alkyl halides is 3. The van der Waals surface area contributed by atoms with Crippen LogP contribution in [-0.4, -0.2) is 21.2 Å². The van der Waals surface area contributed by atoms with Crippen molar-refractivity contribution in [3.63, 3.8) is 0 Å². The van der Waals surface area contributed by atoms with Gasteiger partial charge in [0.2, 0.25) is 5.16 Å². The molecule has 3 aromatic rings. The van der Waals surface area contributed by atoms with Gasteiger partial charge in [-0.3, -0.25) is 0 Å². The van der Waals surface area contributed by atoms with Crippen molar-refractivity contribution in [3.8, 4) is 17.1 Å². The van der Waals surface area contributed by atoms with Crippen LogP contribution in [0, 0.1) is 6.92 Å². The molecule has 0 bridgehead atoms. The highest BCUT2D eigenvalue weighted by Crippen LogP contribution is 2.35. The fourth-order valence-corrected chi connectivity index (χ4v) is 3.22. The lowest BCUT2D eigenvalue weighted by molar-refractivity contribution is -0.274. The molecule has 0 radical (unpaired) electrons. The largest absolute Gasteiger partial charge is 0.573 e. The first-order valence-electron chi connectivity index (χ1n) is 7.52. The summed E-state index contributed by atoms with van der Waals surface area (Å²) in [5, 5.41) is 8.53. The number of benzene rings is 1. The van der Waals surface area contributed by atoms with Gasteiger partial charge in [-0.2, -0.15) is 0 Å². The van der Waals surface area contributed by atoms with Crippen LogP contribution < -0.4 is 10.6 Å². The molecular weight excluding hydrogens is 369 g/mol. The molecule has 1 atom stereocenters. The summed E-state index contributed by atoms with van der Waals surface area (Å²) < 4.78 is 47.1. The second kappa shape index (κ2) is 6.94. The van der Waals surface area contributed by atoms with Crippen molar-refractivity contribution < 1.29 is 22.3 Å². The molecule has 0 saturated carbocycles. The van der Waals surface area contributed by atoms with E-state index in [4.69, 9.17) is 10.3 Å². The minimum atomic E-state index is -4.71. The Kier molecular flexibility index (Phi) is 4.86. The molecule has 2 N–H and O–H groups in total. The molecule has 3 rings (SSSR count). The van der Waals surface area contributed by atoms with Crippen molar-refractivity contribution in [1.82, 2.24) is 14.9 Å². The van der Waals surface area contributed by atoms with E-state index in [1.165, 1.54) is 28.6 Å². The van der Waals surface area contributed by atoms with Crippen molar-refractivity contribution in [3.05, 3.63) is 47.9 Å². The van der Waals surface area contributed by atoms with Crippen LogP contribution in [0.25, 0.3) is 11.4 Å². The highest BCUT2D eigenvalue weighted by atomic mass is 32.2. The Balaban J connectivity index is 1.73. The molecule has 0 spiro atoms. The molecule has 0 fully saturated rings. The molecule has 0 aliphatic heterocycles. The smallest absolute Gasteiger partial charge is 0.469 e. The van der Waals surface area contributed by atoms with Crippen molar-refractivity contribution in [2.45, 2.75) is 30.6 Å². The third kappa shape index (κ3) is 3.96. The molecule has 1 aromatic carbocycles. The number of ether oxygens (including phenoxy) is 1. The van der Waals surface area contributed by atoms with Gasteiger partial charge in [0, 0.05) is 5.25 Å². The Morgan fingerprint density at radius 1 is 1.19 bits per heavy atom. The number of aromatic nitrogens is 3. The number of thioether (sulfide) groups is 1. The lowest BCUT2D eigenvalue weighted by Crippen LogP contribution is -2.17. The fourth-order valence-electron chi connectivity index (χ4n) is 2.32. The minimum absolute atomic E-state index is 0.111. The molecule has 0 saturated heterocycles. The zero-order valence-corrected chi connectivity index (χ0v) is 14.6. The molecule has 2 heterocycles. The molecule has 2 aromatic heterocycles. The Morgan fingerprint density at radius 3 is 2.46 bits per heavy atom. The van der Waals surface area contributed by atoms with E-state index in [0.29, 0.717) is 16.7 Å². The maximum absolute atomic E-state index is 12.2. The number of aryl methyl sites for hydroxylation is 1. The van der Waals surface area contributed by atoms with Gasteiger partial charge in [0.25, 0.3) is 0 Å². The van der Waals surface area contributed by atoms with Crippen molar-refractivity contribution in [2.24, 2.45) is 0 Å². The maximum Gasteiger partial charge on any atom is 0.573 e. The van der Waals surface area contributed by atoms with Gasteiger partial charge in [0.15, 0.2) is 5.82 Å². The van der Waals surface area contributed by atoms with Crippen molar-refractivity contribution in [1.29, 1.82) is 0 Å². The first-order chi connectivity index (χ1) is 12.2. The average Bonchev–Trinajstić information content (AvgIpc) is 3.13. The summed E-state index contributed by atoms with van der Waals surface area (Å²) in [6, 6.07) is 7.43. The van der Waals surface area contributed by atoms with E-state index in [0.717, 1.165) is 11.1 Å². The van der Waals surface area contributed by atoms with Gasteiger partial charge >= 0.3 is 6.36 Å². The molecular formula is C16H15F3N4O2S. The van der Waals surface area contributed by atoms with Crippen LogP contribution in [0.3, 0.4) is 0 Å². The van der Waals surface area contributed by atoms with Crippen LogP contribution >= 0.6 is 11.8 Å². The van der Waals surface area contributed by atoms with E-state index in [9.17, 15) is 13.2 Å². The minimum Gasteiger partial charge on any atom is -0.469 e. The molecule has 10 heteroatoms. The summed E-state index contributed by atoms with van der Waals surface area (Å²) in [5.41, 5.74) is 1.54. The number of furan rings is 1. The van der Waals surface area contributed by atoms with Crippen LogP contribution in [0.5, 0.6) is 5.75 Å². The maximum atomic E-state index is 12.2. The average molecular weight is 384 g/mol. The number of rotatable bonds is 5. The highest BCUT2D eigenvalue weighted by molar-refractivity contribution is 7.99. The van der Waals surface area contributed by atoms with E-state index in [1.807, 2.05) is 6.92 Å². The lowest BCUT2D eigenvalue weighted by atomic mass is 10.2. The number of nitrogen functional groups attached to an aromatic ring is 1. The quantitative estimate of drug-likeness (QED) is 0.522. The third-order valence-electron chi connectivity index (χ3n) is 3.63. The van der Waals surface area contributed by atoms with Gasteiger partial charge < -0.3 is 15.0 Å². The Hall–Kier alpha value is -2.62. The molecule has 1 unspecified atom stereocenters. The topological polar surface area (TPSA) is 79.1 Å². The Morgan fingerprint density at radius 2 is 1.88 bits per heavy atom. The number of halogens is 3. The summed E-state index contributed by atoms with van der Waals surface area (Å²) in [7, 11) is 0. The number of hydrogen-bond acceptors (Lipinski definition) is 6. The van der Waals surface area contributed by atoms with E-state index in [1.54, 1.807) is 31.4 Å². The zero-order chi connectivity index (χ0) is 18.9. The van der Waals surface area contributed by atoms with Gasteiger partial charge in [-0.1, -0.05) is 23.9 Å². The summed E-state index contributed by atoms with van der Waals surface area (Å²) >= 11 is 1.34. The van der Waals surface area contributed by atoms with Crippen molar-refractivity contribution >= 4 is 11.8 Å². The number of hydrogen-bond donors (Lipinski definition) is 1. The van der Waals surface area contributed by atoms with Crippen LogP contribution in [0.15, 0.2) is 46.2 Å². The van der Waals surface area contributed by atoms with Gasteiger partial charge in [-0.25, -0.2) is 4.68 Å². The summed E-state index contributed by atoms with van der Waals surface area (Å²) in [6.07, 6.45) is -3.17. The fraction of sp³-hybridized carbons (Fsp3) is 0.250. The summed E-state index contributed by atoms with van der Waals surface area (Å²) in [6.45, 7) is 3.69. The van der Waals surface area contributed by atoms with Crippen LogP contribution in [0.4, 0.5) is 13.2 Å². The summed E-state index contributed by atoms with van der Waals surface area (Å²) in [4.78, 5) is 0. The van der Waals surface area contributed by atoms with E-state index >= 15 is 0 Å². The molecule has 138 valence electrons. The summed E-state index contributed by atoms with van der Waals surface area (Å²) in [5.74, 6) is 6.95. The predicted octanol–water partition coefficient (Wildman–Crippen LogP) is 4.31. The SMILES string of the molecule is Cc1occc1-c1nnc(SC(C)c2ccc(OC(F)(F)F)cc2)n1N. The first-order valence-corrected chi connectivity index (χ1v) is 8.40. The normalized spacial score (nSPS) is 13.0. The second-order valence-electron chi connectivity index (χ2n) is 5.44. The van der Waals surface area contributed by atoms with E-state index in [-0.39, 0.29) is 11.0 Å². The van der Waals surface area contributed by atoms with Gasteiger partial charge in [-0.05, 0) is 37.6 Å². The monoisotopic (exact) mass is 384 g/mol. The molecule has 0 aliphatic carbocycles. The Bertz CT molecular complexity index is 890. The molecule has 26 heavy (non-hydrogen) atoms. The van der Waals surface area contributed by atoms with Gasteiger partial charge in [-0.15, -0.1) is 23.4 Å². The standard InChI is InChI=1S/C16H15F3N4O2S/c1-9-13(7-8-24-9)14-21-22-15(23(14)20)26-10(2)11-3-5-12(6-4-11)25-16(17,18)19/h3-8,10H,20H2,1-2H3. The molecule has 0 aliphatic rings. The van der Waals surface area contributed by atoms with Crippen LogP contribution in [-0.2, 0) is 0 Å². The third-order valence-corrected chi connectivity index (χ3v) is 4.74. The zero-order valence-electron chi connectivity index (χ0n) is 13.8. The Labute approximate surface area is 151 Å². The first kappa shape index (κ1) is 18.2. The highest BCUT2D eigenvalue weighted by Gasteiger charge is 2.31. The second-order valence-corrected chi connectivity index (χ2v) is 6.75. The number of nitrogens with zero attached hydrogens (tertiary/aromatic N) is 3. The van der Waals surface area contributed by atoms with E-state index in [2.05, 4.69) is 14.9 Å². The predicted molar refractivity (Wildman–Crippen MR) is 90.0 cm³/mol. The lowest BCUT2D eigenvalue weighted by Gasteiger charge is -2.13. The number of nitrogens with two attached hydrogens (primary N) is 1.